The van der Waals surface area contributed by atoms with Gasteiger partial charge in [0.05, 0.1) is 10.5 Å². The highest BCUT2D eigenvalue weighted by Crippen LogP contribution is 2.29. The van der Waals surface area contributed by atoms with Gasteiger partial charge in [0.2, 0.25) is 0 Å². The molecule has 1 aromatic carbocycles. The van der Waals surface area contributed by atoms with E-state index in [9.17, 15) is 14.9 Å². The molecule has 0 saturated heterocycles. The Morgan fingerprint density at radius 3 is 2.65 bits per heavy atom. The number of hydrogen-bond donors (Lipinski definition) is 0. The van der Waals surface area contributed by atoms with Gasteiger partial charge in [-0.05, 0) is 24.6 Å². The van der Waals surface area contributed by atoms with E-state index in [0.717, 1.165) is 5.52 Å². The van der Waals surface area contributed by atoms with E-state index in [-0.39, 0.29) is 5.69 Å². The van der Waals surface area contributed by atoms with E-state index in [1.807, 2.05) is 0 Å². The maximum atomic E-state index is 11.4. The first-order chi connectivity index (χ1) is 7.93. The van der Waals surface area contributed by atoms with Crippen molar-refractivity contribution in [1.29, 1.82) is 0 Å². The molecule has 0 aliphatic carbocycles. The molecular weight excluding hydrogens is 244 g/mol. The number of aryl methyl sites for hydroxylation is 1. The topological polar surface area (TPSA) is 65.1 Å². The molecule has 88 valence electrons. The third-order valence-electron chi connectivity index (χ3n) is 2.88. The van der Waals surface area contributed by atoms with Gasteiger partial charge >= 0.3 is 0 Å². The fourth-order valence-corrected chi connectivity index (χ4v) is 2.16. The van der Waals surface area contributed by atoms with Crippen molar-refractivity contribution < 1.29 is 9.72 Å². The molecule has 1 aromatic heterocycles. The molecule has 0 saturated carbocycles. The molecule has 0 aliphatic rings. The van der Waals surface area contributed by atoms with Gasteiger partial charge in [0, 0.05) is 35.8 Å². The zero-order chi connectivity index (χ0) is 12.7. The minimum atomic E-state index is -0.603. The van der Waals surface area contributed by atoms with Gasteiger partial charge in [-0.15, -0.1) is 0 Å². The van der Waals surface area contributed by atoms with Gasteiger partial charge in [-0.2, -0.15) is 0 Å². The molecule has 0 spiro atoms. The molecule has 0 atom stereocenters. The molecule has 2 rings (SSSR count). The Labute approximate surface area is 102 Å². The summed E-state index contributed by atoms with van der Waals surface area (Å²) in [6, 6.07) is 4.39. The van der Waals surface area contributed by atoms with Crippen molar-refractivity contribution in [3.05, 3.63) is 39.6 Å². The number of non-ortho nitro benzene ring substituents is 1. The van der Waals surface area contributed by atoms with Crippen LogP contribution in [-0.2, 0) is 7.05 Å². The Balaban J connectivity index is 2.88. The van der Waals surface area contributed by atoms with Crippen LogP contribution in [0, 0.1) is 17.0 Å². The number of nitro groups is 1. The van der Waals surface area contributed by atoms with Gasteiger partial charge in [-0.3, -0.25) is 14.9 Å². The van der Waals surface area contributed by atoms with Crippen LogP contribution in [0.25, 0.3) is 10.9 Å². The summed E-state index contributed by atoms with van der Waals surface area (Å²) in [5, 5.41) is 10.6. The molecule has 0 amide bonds. The molecule has 0 fully saturated rings. The second kappa shape index (κ2) is 3.85. The average Bonchev–Trinajstić information content (AvgIpc) is 2.51. The van der Waals surface area contributed by atoms with Crippen LogP contribution in [0.2, 0.25) is 0 Å². The Kier molecular flexibility index (Phi) is 2.63. The van der Waals surface area contributed by atoms with Gasteiger partial charge in [0.15, 0.2) is 0 Å². The highest BCUT2D eigenvalue weighted by molar-refractivity contribution is 6.68. The largest absolute Gasteiger partial charge is 0.347 e. The third-order valence-corrected chi connectivity index (χ3v) is 3.07. The fourth-order valence-electron chi connectivity index (χ4n) is 1.92. The Morgan fingerprint density at radius 1 is 1.47 bits per heavy atom. The van der Waals surface area contributed by atoms with Crippen molar-refractivity contribution in [1.82, 2.24) is 4.57 Å². The van der Waals surface area contributed by atoms with Crippen LogP contribution in [0.5, 0.6) is 0 Å². The average molecular weight is 253 g/mol. The molecule has 5 nitrogen and oxygen atoms in total. The summed E-state index contributed by atoms with van der Waals surface area (Å²) in [6.45, 7) is 1.75. The lowest BCUT2D eigenvalue weighted by atomic mass is 10.1. The smallest absolute Gasteiger partial charge is 0.270 e. The van der Waals surface area contributed by atoms with Crippen LogP contribution in [0.3, 0.4) is 0 Å². The predicted molar refractivity (Wildman–Crippen MR) is 64.5 cm³/mol. The van der Waals surface area contributed by atoms with Crippen LogP contribution < -0.4 is 0 Å². The minimum Gasteiger partial charge on any atom is -0.347 e. The first-order valence-electron chi connectivity index (χ1n) is 4.86. The fraction of sp³-hybridized carbons (Fsp3) is 0.182. The van der Waals surface area contributed by atoms with E-state index >= 15 is 0 Å². The number of benzene rings is 1. The summed E-state index contributed by atoms with van der Waals surface area (Å²) in [5.74, 6) is 0. The van der Waals surface area contributed by atoms with Crippen LogP contribution in [0.1, 0.15) is 16.1 Å². The van der Waals surface area contributed by atoms with E-state index in [1.165, 1.54) is 12.1 Å². The molecule has 6 heteroatoms. The van der Waals surface area contributed by atoms with Crippen molar-refractivity contribution in [3.63, 3.8) is 0 Å². The van der Waals surface area contributed by atoms with Crippen molar-refractivity contribution in [2.24, 2.45) is 7.05 Å². The Hall–Kier alpha value is -1.88. The number of carbonyl (C=O) groups is 1. The van der Waals surface area contributed by atoms with Gasteiger partial charge in [-0.1, -0.05) is 0 Å². The second-order valence-electron chi connectivity index (χ2n) is 3.75. The van der Waals surface area contributed by atoms with Crippen molar-refractivity contribution in [3.8, 4) is 0 Å². The number of nitro benzene ring substituents is 1. The van der Waals surface area contributed by atoms with Crippen molar-refractivity contribution in [2.45, 2.75) is 6.92 Å². The number of hydrogen-bond acceptors (Lipinski definition) is 3. The molecule has 0 unspecified atom stereocenters. The molecule has 2 aromatic rings. The highest BCUT2D eigenvalue weighted by Gasteiger charge is 2.19. The molecule has 17 heavy (non-hydrogen) atoms. The van der Waals surface area contributed by atoms with E-state index in [0.29, 0.717) is 16.6 Å². The van der Waals surface area contributed by atoms with E-state index < -0.39 is 10.2 Å². The Morgan fingerprint density at radius 2 is 2.12 bits per heavy atom. The summed E-state index contributed by atoms with van der Waals surface area (Å²) >= 11 is 5.51. The van der Waals surface area contributed by atoms with Crippen LogP contribution in [0.15, 0.2) is 18.2 Å². The van der Waals surface area contributed by atoms with Gasteiger partial charge < -0.3 is 4.57 Å². The van der Waals surface area contributed by atoms with Gasteiger partial charge in [0.25, 0.3) is 10.9 Å². The number of nitrogens with zero attached hydrogens (tertiary/aromatic N) is 2. The summed E-state index contributed by atoms with van der Waals surface area (Å²) in [4.78, 5) is 21.6. The number of fused-ring (bicyclic) bond motifs is 1. The van der Waals surface area contributed by atoms with E-state index in [2.05, 4.69) is 0 Å². The summed E-state index contributed by atoms with van der Waals surface area (Å²) in [7, 11) is 1.78. The van der Waals surface area contributed by atoms with Crippen LogP contribution in [-0.4, -0.2) is 14.7 Å². The number of carbonyl (C=O) groups excluding carboxylic acids is 1. The first-order valence-corrected chi connectivity index (χ1v) is 5.24. The Bertz CT molecular complexity index is 646. The maximum Gasteiger partial charge on any atom is 0.270 e. The lowest BCUT2D eigenvalue weighted by Gasteiger charge is -1.97. The summed E-state index contributed by atoms with van der Waals surface area (Å²) in [6.07, 6.45) is 0. The second-order valence-corrected chi connectivity index (χ2v) is 4.09. The summed E-state index contributed by atoms with van der Waals surface area (Å²) < 4.78 is 1.79. The molecule has 0 N–H and O–H groups in total. The molecule has 0 aliphatic heterocycles. The zero-order valence-electron chi connectivity index (χ0n) is 9.23. The van der Waals surface area contributed by atoms with E-state index in [4.69, 9.17) is 11.6 Å². The molecule has 1 heterocycles. The number of halogens is 1. The number of rotatable bonds is 2. The summed E-state index contributed by atoms with van der Waals surface area (Å²) in [5.41, 5.74) is 1.72. The maximum absolute atomic E-state index is 11.4. The molecular formula is C11H9ClN2O3. The standard InChI is InChI=1S/C11H9ClN2O3/c1-6-10(11(12)15)8-5-7(14(16)17)3-4-9(8)13(6)2/h3-5H,1-2H3. The van der Waals surface area contributed by atoms with Gasteiger partial charge in [-0.25, -0.2) is 0 Å². The minimum absolute atomic E-state index is 0.0535. The normalized spacial score (nSPS) is 10.8. The molecule has 0 radical (unpaired) electrons. The number of aromatic nitrogens is 1. The van der Waals surface area contributed by atoms with Crippen LogP contribution >= 0.6 is 11.6 Å². The zero-order valence-corrected chi connectivity index (χ0v) is 9.99. The first kappa shape index (κ1) is 11.6. The van der Waals surface area contributed by atoms with E-state index in [1.54, 1.807) is 24.6 Å². The SMILES string of the molecule is Cc1c(C(=O)Cl)c2cc([N+](=O)[O-])ccc2n1C. The quantitative estimate of drug-likeness (QED) is 0.469. The van der Waals surface area contributed by atoms with Crippen molar-refractivity contribution >= 4 is 33.4 Å². The van der Waals surface area contributed by atoms with Gasteiger partial charge in [0.1, 0.15) is 0 Å². The van der Waals surface area contributed by atoms with Crippen molar-refractivity contribution in [2.75, 3.05) is 0 Å². The lowest BCUT2D eigenvalue weighted by molar-refractivity contribution is -0.384. The highest BCUT2D eigenvalue weighted by atomic mass is 35.5. The molecule has 0 bridgehead atoms. The monoisotopic (exact) mass is 252 g/mol. The van der Waals surface area contributed by atoms with Crippen LogP contribution in [0.4, 0.5) is 5.69 Å². The third kappa shape index (κ3) is 1.68. The predicted octanol–water partition coefficient (Wildman–Crippen LogP) is 2.77. The lowest BCUT2D eigenvalue weighted by Crippen LogP contribution is -1.94.